The predicted octanol–water partition coefficient (Wildman–Crippen LogP) is 1.83. The smallest absolute Gasteiger partial charge is 0.200 e. The van der Waals surface area contributed by atoms with Crippen LogP contribution in [0.4, 0.5) is 0 Å². The molecule has 2 nitrogen and oxygen atoms in total. The van der Waals surface area contributed by atoms with E-state index in [0.717, 1.165) is 12.8 Å². The van der Waals surface area contributed by atoms with Crippen molar-refractivity contribution in [3.63, 3.8) is 0 Å². The highest BCUT2D eigenvalue weighted by Gasteiger charge is 1.88. The molecule has 1 heterocycles. The normalized spacial score (nSPS) is 14.6. The first-order valence-corrected chi connectivity index (χ1v) is 4.16. The minimum atomic E-state index is 0.647. The lowest BCUT2D eigenvalue weighted by Crippen LogP contribution is -1.88. The van der Waals surface area contributed by atoms with Gasteiger partial charge in [-0.1, -0.05) is 18.9 Å². The van der Waals surface area contributed by atoms with Crippen LogP contribution in [-0.2, 0) is 0 Å². The van der Waals surface area contributed by atoms with Crippen molar-refractivity contribution in [2.24, 2.45) is 9.98 Å². The average Bonchev–Trinajstić information content (AvgIpc) is 2.33. The van der Waals surface area contributed by atoms with E-state index < -0.39 is 0 Å². The molecule has 0 atom stereocenters. The van der Waals surface area contributed by atoms with Gasteiger partial charge < -0.3 is 0 Å². The zero-order valence-electron chi connectivity index (χ0n) is 7.25. The van der Waals surface area contributed by atoms with Crippen LogP contribution in [0.3, 0.4) is 0 Å². The summed E-state index contributed by atoms with van der Waals surface area (Å²) < 4.78 is 0. The Hall–Kier alpha value is -1.36. The molecule has 62 valence electrons. The molecule has 0 spiro atoms. The van der Waals surface area contributed by atoms with Gasteiger partial charge >= 0.3 is 0 Å². The Morgan fingerprint density at radius 3 is 3.33 bits per heavy atom. The first-order valence-electron chi connectivity index (χ1n) is 4.16. The molecule has 2 heteroatoms. The van der Waals surface area contributed by atoms with E-state index in [0.29, 0.717) is 12.4 Å². The fourth-order valence-corrected chi connectivity index (χ4v) is 0.754. The molecule has 12 heavy (non-hydrogen) atoms. The van der Waals surface area contributed by atoms with E-state index >= 15 is 0 Å². The van der Waals surface area contributed by atoms with Crippen LogP contribution in [0.5, 0.6) is 0 Å². The molecule has 0 amide bonds. The quantitative estimate of drug-likeness (QED) is 0.523. The number of hydrogen-bond donors (Lipinski definition) is 0. The SMILES string of the molecule is CCCC#CC1=NCC=CC=N1. The molecule has 0 aromatic heterocycles. The molecule has 0 bridgehead atoms. The topological polar surface area (TPSA) is 24.7 Å². The van der Waals surface area contributed by atoms with Crippen LogP contribution < -0.4 is 0 Å². The van der Waals surface area contributed by atoms with Crippen molar-refractivity contribution in [2.75, 3.05) is 6.54 Å². The largest absolute Gasteiger partial charge is 0.255 e. The molecular weight excluding hydrogens is 148 g/mol. The van der Waals surface area contributed by atoms with Gasteiger partial charge in [-0.15, -0.1) is 0 Å². The number of nitrogens with zero attached hydrogens (tertiary/aromatic N) is 2. The lowest BCUT2D eigenvalue weighted by Gasteiger charge is -1.84. The van der Waals surface area contributed by atoms with Gasteiger partial charge in [0.15, 0.2) is 0 Å². The maximum atomic E-state index is 4.15. The van der Waals surface area contributed by atoms with Crippen LogP contribution >= 0.6 is 0 Å². The van der Waals surface area contributed by atoms with Crippen LogP contribution in [0, 0.1) is 11.8 Å². The highest BCUT2D eigenvalue weighted by molar-refractivity contribution is 6.04. The van der Waals surface area contributed by atoms with Crippen LogP contribution in [0.1, 0.15) is 19.8 Å². The number of amidine groups is 1. The standard InChI is InChI=1S/C10H12N2/c1-2-3-4-7-10-11-8-5-6-9-12-10/h5-6,8H,2-3,9H2,1H3. The summed E-state index contributed by atoms with van der Waals surface area (Å²) in [4.78, 5) is 8.21. The lowest BCUT2D eigenvalue weighted by molar-refractivity contribution is 0.983. The summed E-state index contributed by atoms with van der Waals surface area (Å²) in [6, 6.07) is 0. The van der Waals surface area contributed by atoms with Crippen molar-refractivity contribution >= 4 is 12.1 Å². The number of aliphatic imine (C=N–C) groups is 2. The molecule has 0 unspecified atom stereocenters. The minimum absolute atomic E-state index is 0.647. The Balaban J connectivity index is 2.53. The maximum Gasteiger partial charge on any atom is 0.200 e. The van der Waals surface area contributed by atoms with Gasteiger partial charge in [-0.3, -0.25) is 4.99 Å². The highest BCUT2D eigenvalue weighted by Crippen LogP contribution is 1.88. The van der Waals surface area contributed by atoms with Gasteiger partial charge in [-0.2, -0.15) is 0 Å². The molecule has 0 N–H and O–H groups in total. The van der Waals surface area contributed by atoms with Crippen molar-refractivity contribution < 1.29 is 0 Å². The summed E-state index contributed by atoms with van der Waals surface area (Å²) in [6.07, 6.45) is 7.58. The molecular formula is C10H12N2. The molecule has 0 saturated carbocycles. The Morgan fingerprint density at radius 1 is 1.58 bits per heavy atom. The highest BCUT2D eigenvalue weighted by atomic mass is 14.9. The summed E-state index contributed by atoms with van der Waals surface area (Å²) in [5.41, 5.74) is 0. The molecule has 1 rings (SSSR count). The summed E-state index contributed by atoms with van der Waals surface area (Å²) in [6.45, 7) is 2.80. The van der Waals surface area contributed by atoms with E-state index in [-0.39, 0.29) is 0 Å². The third kappa shape index (κ3) is 3.16. The molecule has 0 aliphatic carbocycles. The fraction of sp³-hybridized carbons (Fsp3) is 0.400. The van der Waals surface area contributed by atoms with Gasteiger partial charge in [-0.25, -0.2) is 4.99 Å². The maximum absolute atomic E-state index is 4.15. The minimum Gasteiger partial charge on any atom is -0.255 e. The van der Waals surface area contributed by atoms with Gasteiger partial charge in [0.25, 0.3) is 0 Å². The Kier molecular flexibility index (Phi) is 3.87. The first kappa shape index (κ1) is 8.73. The zero-order valence-corrected chi connectivity index (χ0v) is 7.25. The van der Waals surface area contributed by atoms with Crippen LogP contribution in [0.25, 0.3) is 0 Å². The van der Waals surface area contributed by atoms with E-state index in [1.54, 1.807) is 6.21 Å². The summed E-state index contributed by atoms with van der Waals surface area (Å²) >= 11 is 0. The van der Waals surface area contributed by atoms with E-state index in [1.165, 1.54) is 0 Å². The van der Waals surface area contributed by atoms with Crippen molar-refractivity contribution in [1.29, 1.82) is 0 Å². The van der Waals surface area contributed by atoms with Crippen molar-refractivity contribution in [3.05, 3.63) is 12.2 Å². The van der Waals surface area contributed by atoms with Gasteiger partial charge in [0.2, 0.25) is 5.84 Å². The number of unbranched alkanes of at least 4 members (excludes halogenated alkanes) is 1. The average molecular weight is 160 g/mol. The first-order chi connectivity index (χ1) is 5.93. The number of rotatable bonds is 1. The second kappa shape index (κ2) is 5.31. The van der Waals surface area contributed by atoms with Gasteiger partial charge in [0, 0.05) is 12.6 Å². The number of allylic oxidation sites excluding steroid dienone is 1. The molecule has 0 aromatic rings. The summed E-state index contributed by atoms with van der Waals surface area (Å²) in [5.74, 6) is 6.58. The monoisotopic (exact) mass is 160 g/mol. The lowest BCUT2D eigenvalue weighted by atomic mass is 10.3. The number of hydrogen-bond acceptors (Lipinski definition) is 2. The van der Waals surface area contributed by atoms with Crippen LogP contribution in [0.15, 0.2) is 22.1 Å². The zero-order chi connectivity index (χ0) is 8.65. The molecule has 1 aliphatic heterocycles. The molecule has 0 aromatic carbocycles. The Morgan fingerprint density at radius 2 is 2.50 bits per heavy atom. The van der Waals surface area contributed by atoms with Crippen LogP contribution in [-0.4, -0.2) is 18.6 Å². The summed E-state index contributed by atoms with van der Waals surface area (Å²) in [5, 5.41) is 0. The van der Waals surface area contributed by atoms with Gasteiger partial charge in [-0.05, 0) is 18.4 Å². The van der Waals surface area contributed by atoms with E-state index in [9.17, 15) is 0 Å². The van der Waals surface area contributed by atoms with Crippen molar-refractivity contribution in [3.8, 4) is 11.8 Å². The third-order valence-corrected chi connectivity index (χ3v) is 1.34. The fourth-order valence-electron chi connectivity index (χ4n) is 0.754. The Labute approximate surface area is 73.1 Å². The Bertz CT molecular complexity index is 274. The van der Waals surface area contributed by atoms with E-state index in [4.69, 9.17) is 0 Å². The predicted molar refractivity (Wildman–Crippen MR) is 52.6 cm³/mol. The van der Waals surface area contributed by atoms with Crippen LogP contribution in [0.2, 0.25) is 0 Å². The third-order valence-electron chi connectivity index (χ3n) is 1.34. The summed E-state index contributed by atoms with van der Waals surface area (Å²) in [7, 11) is 0. The molecule has 1 aliphatic rings. The van der Waals surface area contributed by atoms with Crippen molar-refractivity contribution in [2.45, 2.75) is 19.8 Å². The van der Waals surface area contributed by atoms with Crippen molar-refractivity contribution in [1.82, 2.24) is 0 Å². The molecule has 0 saturated heterocycles. The second-order valence-corrected chi connectivity index (χ2v) is 2.42. The second-order valence-electron chi connectivity index (χ2n) is 2.42. The van der Waals surface area contributed by atoms with E-state index in [2.05, 4.69) is 28.7 Å². The van der Waals surface area contributed by atoms with E-state index in [1.807, 2.05) is 12.2 Å². The van der Waals surface area contributed by atoms with Gasteiger partial charge in [0.1, 0.15) is 0 Å². The van der Waals surface area contributed by atoms with Gasteiger partial charge in [0.05, 0.1) is 6.54 Å². The molecule has 0 radical (unpaired) electrons. The molecule has 0 fully saturated rings.